The minimum Gasteiger partial charge on any atom is -0.457 e. The lowest BCUT2D eigenvalue weighted by atomic mass is 10.3. The standard InChI is InChI=1S/C17H17FN2O3/c18-13-2-1-3-16(12-13)23-15-6-4-14(5-7-15)19-17(21)20-8-10-22-11-9-20/h1-7,12H,8-11H2,(H,19,21). The number of carbonyl (C=O) groups excluding carboxylic acids is 1. The Kier molecular flexibility index (Phi) is 4.73. The predicted molar refractivity (Wildman–Crippen MR) is 84.3 cm³/mol. The number of hydrogen-bond acceptors (Lipinski definition) is 3. The lowest BCUT2D eigenvalue weighted by molar-refractivity contribution is 0.0564. The van der Waals surface area contributed by atoms with Gasteiger partial charge in [0.1, 0.15) is 17.3 Å². The topological polar surface area (TPSA) is 50.8 Å². The minimum absolute atomic E-state index is 0.146. The molecule has 0 atom stereocenters. The maximum Gasteiger partial charge on any atom is 0.321 e. The molecule has 1 N–H and O–H groups in total. The van der Waals surface area contributed by atoms with Gasteiger partial charge in [-0.05, 0) is 36.4 Å². The van der Waals surface area contributed by atoms with Crippen molar-refractivity contribution in [3.8, 4) is 11.5 Å². The summed E-state index contributed by atoms with van der Waals surface area (Å²) in [6.45, 7) is 2.31. The van der Waals surface area contributed by atoms with E-state index in [9.17, 15) is 9.18 Å². The molecule has 120 valence electrons. The van der Waals surface area contributed by atoms with Crippen LogP contribution in [0.3, 0.4) is 0 Å². The van der Waals surface area contributed by atoms with E-state index < -0.39 is 0 Å². The molecule has 0 aliphatic carbocycles. The highest BCUT2D eigenvalue weighted by atomic mass is 19.1. The molecule has 0 spiro atoms. The Balaban J connectivity index is 1.59. The second-order valence-electron chi connectivity index (χ2n) is 5.11. The Hall–Kier alpha value is -2.60. The molecule has 5 nitrogen and oxygen atoms in total. The van der Waals surface area contributed by atoms with Crippen molar-refractivity contribution in [2.24, 2.45) is 0 Å². The Morgan fingerprint density at radius 1 is 1.09 bits per heavy atom. The predicted octanol–water partition coefficient (Wildman–Crippen LogP) is 3.48. The number of halogens is 1. The maximum absolute atomic E-state index is 13.1. The van der Waals surface area contributed by atoms with Gasteiger partial charge in [-0.25, -0.2) is 9.18 Å². The van der Waals surface area contributed by atoms with Crippen LogP contribution in [0.2, 0.25) is 0 Å². The number of anilines is 1. The first-order chi connectivity index (χ1) is 11.2. The molecule has 2 aromatic rings. The van der Waals surface area contributed by atoms with Crippen LogP contribution in [0, 0.1) is 5.82 Å². The van der Waals surface area contributed by atoms with Crippen LogP contribution < -0.4 is 10.1 Å². The molecule has 1 saturated heterocycles. The van der Waals surface area contributed by atoms with Gasteiger partial charge in [0.15, 0.2) is 0 Å². The zero-order chi connectivity index (χ0) is 16.1. The SMILES string of the molecule is O=C(Nc1ccc(Oc2cccc(F)c2)cc1)N1CCOCC1. The number of nitrogens with one attached hydrogen (secondary N) is 1. The summed E-state index contributed by atoms with van der Waals surface area (Å²) in [6, 6.07) is 12.7. The van der Waals surface area contributed by atoms with Crippen LogP contribution in [0.1, 0.15) is 0 Å². The van der Waals surface area contributed by atoms with Gasteiger partial charge in [0, 0.05) is 24.8 Å². The van der Waals surface area contributed by atoms with Crippen molar-refractivity contribution in [2.45, 2.75) is 0 Å². The van der Waals surface area contributed by atoms with E-state index in [1.807, 2.05) is 0 Å². The maximum atomic E-state index is 13.1. The summed E-state index contributed by atoms with van der Waals surface area (Å²) in [6.07, 6.45) is 0. The number of amides is 2. The number of urea groups is 1. The molecule has 2 amide bonds. The van der Waals surface area contributed by atoms with Crippen molar-refractivity contribution >= 4 is 11.7 Å². The van der Waals surface area contributed by atoms with Crippen LogP contribution in [0.15, 0.2) is 48.5 Å². The highest BCUT2D eigenvalue weighted by molar-refractivity contribution is 5.89. The van der Waals surface area contributed by atoms with E-state index in [4.69, 9.17) is 9.47 Å². The van der Waals surface area contributed by atoms with E-state index in [2.05, 4.69) is 5.32 Å². The van der Waals surface area contributed by atoms with E-state index in [1.165, 1.54) is 12.1 Å². The zero-order valence-electron chi connectivity index (χ0n) is 12.5. The van der Waals surface area contributed by atoms with Gasteiger partial charge in [0.2, 0.25) is 0 Å². The molecule has 0 saturated carbocycles. The molecule has 1 heterocycles. The van der Waals surface area contributed by atoms with Crippen LogP contribution in [0.5, 0.6) is 11.5 Å². The highest BCUT2D eigenvalue weighted by Crippen LogP contribution is 2.23. The van der Waals surface area contributed by atoms with Crippen molar-refractivity contribution in [3.05, 3.63) is 54.3 Å². The monoisotopic (exact) mass is 316 g/mol. The quantitative estimate of drug-likeness (QED) is 0.943. The number of ether oxygens (including phenoxy) is 2. The molecule has 0 aromatic heterocycles. The van der Waals surface area contributed by atoms with Crippen LogP contribution in [-0.4, -0.2) is 37.2 Å². The number of hydrogen-bond donors (Lipinski definition) is 1. The second kappa shape index (κ2) is 7.11. The number of rotatable bonds is 3. The van der Waals surface area contributed by atoms with Crippen LogP contribution in [0.4, 0.5) is 14.9 Å². The molecule has 23 heavy (non-hydrogen) atoms. The van der Waals surface area contributed by atoms with Gasteiger partial charge in [-0.1, -0.05) is 6.07 Å². The van der Waals surface area contributed by atoms with E-state index in [0.29, 0.717) is 43.5 Å². The van der Waals surface area contributed by atoms with Crippen molar-refractivity contribution < 1.29 is 18.7 Å². The third-order valence-corrected chi connectivity index (χ3v) is 3.44. The first kappa shape index (κ1) is 15.3. The fourth-order valence-electron chi connectivity index (χ4n) is 2.24. The van der Waals surface area contributed by atoms with Crippen LogP contribution >= 0.6 is 0 Å². The largest absolute Gasteiger partial charge is 0.457 e. The molecule has 0 unspecified atom stereocenters. The Labute approximate surface area is 133 Å². The number of benzene rings is 2. The third kappa shape index (κ3) is 4.20. The lowest BCUT2D eigenvalue weighted by Crippen LogP contribution is -2.43. The summed E-state index contributed by atoms with van der Waals surface area (Å²) in [4.78, 5) is 13.8. The normalized spacial score (nSPS) is 14.4. The van der Waals surface area contributed by atoms with Crippen molar-refractivity contribution in [2.75, 3.05) is 31.6 Å². The molecule has 0 bridgehead atoms. The zero-order valence-corrected chi connectivity index (χ0v) is 12.5. The van der Waals surface area contributed by atoms with Gasteiger partial charge in [0.05, 0.1) is 13.2 Å². The molecule has 0 radical (unpaired) electrons. The van der Waals surface area contributed by atoms with Gasteiger partial charge >= 0.3 is 6.03 Å². The van der Waals surface area contributed by atoms with Gasteiger partial charge in [-0.15, -0.1) is 0 Å². The molecule has 3 rings (SSSR count). The van der Waals surface area contributed by atoms with Crippen molar-refractivity contribution in [1.82, 2.24) is 4.90 Å². The number of morpholine rings is 1. The van der Waals surface area contributed by atoms with E-state index in [0.717, 1.165) is 0 Å². The summed E-state index contributed by atoms with van der Waals surface area (Å²) in [7, 11) is 0. The van der Waals surface area contributed by atoms with Crippen LogP contribution in [-0.2, 0) is 4.74 Å². The van der Waals surface area contributed by atoms with Crippen molar-refractivity contribution in [1.29, 1.82) is 0 Å². The average Bonchev–Trinajstić information content (AvgIpc) is 2.57. The lowest BCUT2D eigenvalue weighted by Gasteiger charge is -2.26. The van der Waals surface area contributed by atoms with E-state index in [-0.39, 0.29) is 11.8 Å². The smallest absolute Gasteiger partial charge is 0.321 e. The molecular formula is C17H17FN2O3. The Morgan fingerprint density at radius 2 is 1.83 bits per heavy atom. The molecule has 1 aliphatic rings. The van der Waals surface area contributed by atoms with E-state index in [1.54, 1.807) is 41.3 Å². The number of carbonyl (C=O) groups is 1. The Bertz CT molecular complexity index is 670. The Morgan fingerprint density at radius 3 is 2.52 bits per heavy atom. The van der Waals surface area contributed by atoms with Gasteiger partial charge < -0.3 is 19.7 Å². The van der Waals surface area contributed by atoms with Gasteiger partial charge in [-0.2, -0.15) is 0 Å². The van der Waals surface area contributed by atoms with Crippen molar-refractivity contribution in [3.63, 3.8) is 0 Å². The summed E-state index contributed by atoms with van der Waals surface area (Å²) >= 11 is 0. The minimum atomic E-state index is -0.350. The molecule has 2 aromatic carbocycles. The second-order valence-corrected chi connectivity index (χ2v) is 5.11. The molecule has 6 heteroatoms. The summed E-state index contributed by atoms with van der Waals surface area (Å²) in [5.74, 6) is 0.645. The molecule has 1 aliphatic heterocycles. The first-order valence-corrected chi connectivity index (χ1v) is 7.38. The fourth-order valence-corrected chi connectivity index (χ4v) is 2.24. The molecular weight excluding hydrogens is 299 g/mol. The summed E-state index contributed by atoms with van der Waals surface area (Å²) in [5, 5.41) is 2.83. The summed E-state index contributed by atoms with van der Waals surface area (Å²) < 4.78 is 23.9. The van der Waals surface area contributed by atoms with E-state index >= 15 is 0 Å². The van der Waals surface area contributed by atoms with Gasteiger partial charge in [0.25, 0.3) is 0 Å². The first-order valence-electron chi connectivity index (χ1n) is 7.38. The number of nitrogens with zero attached hydrogens (tertiary/aromatic N) is 1. The highest BCUT2D eigenvalue weighted by Gasteiger charge is 2.16. The summed E-state index contributed by atoms with van der Waals surface area (Å²) in [5.41, 5.74) is 0.674. The molecule has 1 fully saturated rings. The van der Waals surface area contributed by atoms with Crippen LogP contribution in [0.25, 0.3) is 0 Å². The van der Waals surface area contributed by atoms with Gasteiger partial charge in [-0.3, -0.25) is 0 Å². The fraction of sp³-hybridized carbons (Fsp3) is 0.235. The third-order valence-electron chi connectivity index (χ3n) is 3.44. The average molecular weight is 316 g/mol.